The highest BCUT2D eigenvalue weighted by atomic mass is 19.4. The fraction of sp³-hybridized carbons (Fsp3) is 0.538. The predicted molar refractivity (Wildman–Crippen MR) is 64.7 cm³/mol. The number of ether oxygens (including phenoxy) is 1. The van der Waals surface area contributed by atoms with Crippen molar-refractivity contribution < 1.29 is 17.9 Å². The minimum atomic E-state index is -4.14. The van der Waals surface area contributed by atoms with Crippen LogP contribution >= 0.6 is 0 Å². The molecule has 0 amide bonds. The zero-order valence-electron chi connectivity index (χ0n) is 10.8. The van der Waals surface area contributed by atoms with E-state index in [1.54, 1.807) is 7.11 Å². The molecule has 0 heterocycles. The summed E-state index contributed by atoms with van der Waals surface area (Å²) in [7, 11) is 1.55. The van der Waals surface area contributed by atoms with Gasteiger partial charge in [-0.05, 0) is 19.9 Å². The first-order chi connectivity index (χ1) is 8.31. The molecule has 0 saturated heterocycles. The Bertz CT molecular complexity index is 390. The molecule has 1 aromatic carbocycles. The molecule has 1 atom stereocenters. The molecule has 0 aliphatic heterocycles. The van der Waals surface area contributed by atoms with E-state index in [1.165, 1.54) is 6.92 Å². The fourth-order valence-electron chi connectivity index (χ4n) is 1.75. The summed E-state index contributed by atoms with van der Waals surface area (Å²) in [5.41, 5.74) is 1.92. The lowest BCUT2D eigenvalue weighted by Gasteiger charge is -2.17. The number of benzene rings is 1. The number of hydrogen-bond acceptors (Lipinski definition) is 2. The first kappa shape index (κ1) is 14.8. The highest BCUT2D eigenvalue weighted by Gasteiger charge is 2.29. The van der Waals surface area contributed by atoms with Crippen LogP contribution in [0, 0.1) is 6.92 Å². The molecule has 18 heavy (non-hydrogen) atoms. The van der Waals surface area contributed by atoms with Crippen LogP contribution in [-0.2, 0) is 6.54 Å². The molecule has 1 N–H and O–H groups in total. The highest BCUT2D eigenvalue weighted by Crippen LogP contribution is 2.23. The zero-order valence-corrected chi connectivity index (χ0v) is 10.8. The third-order valence-corrected chi connectivity index (χ3v) is 2.61. The first-order valence-corrected chi connectivity index (χ1v) is 5.75. The second-order valence-electron chi connectivity index (χ2n) is 4.42. The Balaban J connectivity index is 2.60. The first-order valence-electron chi connectivity index (χ1n) is 5.75. The van der Waals surface area contributed by atoms with Crippen LogP contribution in [0.3, 0.4) is 0 Å². The standard InChI is InChI=1S/C13H18F3NO/c1-9-4-5-12(18-3)11(6-9)8-17-10(2)7-13(14,15)16/h4-6,10,17H,7-8H2,1-3H3. The maximum Gasteiger partial charge on any atom is 0.390 e. The number of nitrogens with one attached hydrogen (secondary N) is 1. The largest absolute Gasteiger partial charge is 0.496 e. The number of rotatable bonds is 5. The summed E-state index contributed by atoms with van der Waals surface area (Å²) in [5, 5.41) is 2.86. The minimum absolute atomic E-state index is 0.363. The van der Waals surface area contributed by atoms with Crippen LogP contribution in [0.1, 0.15) is 24.5 Å². The third-order valence-electron chi connectivity index (χ3n) is 2.61. The predicted octanol–water partition coefficient (Wildman–Crippen LogP) is 3.43. The van der Waals surface area contributed by atoms with E-state index in [1.807, 2.05) is 25.1 Å². The van der Waals surface area contributed by atoms with E-state index in [0.29, 0.717) is 12.3 Å². The van der Waals surface area contributed by atoms with Gasteiger partial charge in [-0.25, -0.2) is 0 Å². The lowest BCUT2D eigenvalue weighted by Crippen LogP contribution is -2.30. The van der Waals surface area contributed by atoms with E-state index in [-0.39, 0.29) is 0 Å². The maximum atomic E-state index is 12.2. The molecule has 0 spiro atoms. The van der Waals surface area contributed by atoms with Crippen LogP contribution in [0.2, 0.25) is 0 Å². The molecular weight excluding hydrogens is 243 g/mol. The second kappa shape index (κ2) is 6.09. The summed E-state index contributed by atoms with van der Waals surface area (Å²) in [5.74, 6) is 0.687. The van der Waals surface area contributed by atoms with Crippen LogP contribution in [-0.4, -0.2) is 19.3 Å². The van der Waals surface area contributed by atoms with Crippen LogP contribution in [0.25, 0.3) is 0 Å². The minimum Gasteiger partial charge on any atom is -0.496 e. The molecule has 1 unspecified atom stereocenters. The van der Waals surface area contributed by atoms with Crippen molar-refractivity contribution in [1.29, 1.82) is 0 Å². The zero-order chi connectivity index (χ0) is 13.8. The van der Waals surface area contributed by atoms with Crippen LogP contribution in [0.15, 0.2) is 18.2 Å². The summed E-state index contributed by atoms with van der Waals surface area (Å²) >= 11 is 0. The summed E-state index contributed by atoms with van der Waals surface area (Å²) in [4.78, 5) is 0. The number of aryl methyl sites for hydroxylation is 1. The van der Waals surface area contributed by atoms with Gasteiger partial charge in [0.05, 0.1) is 13.5 Å². The van der Waals surface area contributed by atoms with Crippen molar-refractivity contribution in [1.82, 2.24) is 5.32 Å². The Morgan fingerprint density at radius 1 is 1.33 bits per heavy atom. The van der Waals surface area contributed by atoms with Crippen molar-refractivity contribution in [3.05, 3.63) is 29.3 Å². The average Bonchev–Trinajstić information content (AvgIpc) is 2.24. The number of alkyl halides is 3. The van der Waals surface area contributed by atoms with Crippen LogP contribution in [0.5, 0.6) is 5.75 Å². The monoisotopic (exact) mass is 261 g/mol. The Hall–Kier alpha value is -1.23. The number of halogens is 3. The number of methoxy groups -OCH3 is 1. The van der Waals surface area contributed by atoms with Crippen molar-refractivity contribution in [3.63, 3.8) is 0 Å². The normalized spacial score (nSPS) is 13.4. The van der Waals surface area contributed by atoms with E-state index in [2.05, 4.69) is 5.32 Å². The third kappa shape index (κ3) is 4.96. The number of hydrogen-bond donors (Lipinski definition) is 1. The second-order valence-corrected chi connectivity index (χ2v) is 4.42. The van der Waals surface area contributed by atoms with Crippen molar-refractivity contribution in [2.24, 2.45) is 0 Å². The van der Waals surface area contributed by atoms with E-state index >= 15 is 0 Å². The molecule has 1 rings (SSSR count). The van der Waals surface area contributed by atoms with Crippen molar-refractivity contribution in [2.45, 2.75) is 39.0 Å². The summed E-state index contributed by atoms with van der Waals surface area (Å²) < 4.78 is 41.7. The maximum absolute atomic E-state index is 12.2. The fourth-order valence-corrected chi connectivity index (χ4v) is 1.75. The van der Waals surface area contributed by atoms with E-state index in [9.17, 15) is 13.2 Å². The van der Waals surface area contributed by atoms with Gasteiger partial charge in [0.2, 0.25) is 0 Å². The Labute approximate surface area is 105 Å². The van der Waals surface area contributed by atoms with Gasteiger partial charge < -0.3 is 10.1 Å². The Morgan fingerprint density at radius 2 is 2.00 bits per heavy atom. The molecule has 0 aliphatic rings. The SMILES string of the molecule is COc1ccc(C)cc1CNC(C)CC(F)(F)F. The molecule has 102 valence electrons. The topological polar surface area (TPSA) is 21.3 Å². The lowest BCUT2D eigenvalue weighted by atomic mass is 10.1. The Kier molecular flexibility index (Phi) is 5.02. The van der Waals surface area contributed by atoms with Gasteiger partial charge in [0, 0.05) is 18.2 Å². The molecule has 5 heteroatoms. The summed E-state index contributed by atoms with van der Waals surface area (Å²) in [6.07, 6.45) is -4.97. The van der Waals surface area contributed by atoms with Gasteiger partial charge >= 0.3 is 6.18 Å². The molecule has 2 nitrogen and oxygen atoms in total. The molecule has 0 bridgehead atoms. The lowest BCUT2D eigenvalue weighted by molar-refractivity contribution is -0.139. The van der Waals surface area contributed by atoms with E-state index in [0.717, 1.165) is 11.1 Å². The Morgan fingerprint density at radius 3 is 2.56 bits per heavy atom. The molecular formula is C13H18F3NO. The van der Waals surface area contributed by atoms with Gasteiger partial charge in [-0.15, -0.1) is 0 Å². The van der Waals surface area contributed by atoms with Gasteiger partial charge in [-0.2, -0.15) is 13.2 Å². The molecule has 1 aromatic rings. The van der Waals surface area contributed by atoms with Gasteiger partial charge in [0.15, 0.2) is 0 Å². The van der Waals surface area contributed by atoms with Gasteiger partial charge in [-0.3, -0.25) is 0 Å². The van der Waals surface area contributed by atoms with Crippen LogP contribution < -0.4 is 10.1 Å². The van der Waals surface area contributed by atoms with E-state index in [4.69, 9.17) is 4.74 Å². The average molecular weight is 261 g/mol. The van der Waals surface area contributed by atoms with Gasteiger partial charge in [0.1, 0.15) is 5.75 Å². The van der Waals surface area contributed by atoms with Gasteiger partial charge in [-0.1, -0.05) is 17.7 Å². The smallest absolute Gasteiger partial charge is 0.390 e. The molecule has 0 aromatic heterocycles. The molecule has 0 fully saturated rings. The van der Waals surface area contributed by atoms with Crippen LogP contribution in [0.4, 0.5) is 13.2 Å². The van der Waals surface area contributed by atoms with Crippen molar-refractivity contribution >= 4 is 0 Å². The molecule has 0 saturated carbocycles. The summed E-state index contributed by atoms with van der Waals surface area (Å²) in [6.45, 7) is 3.82. The quantitative estimate of drug-likeness (QED) is 0.876. The van der Waals surface area contributed by atoms with Crippen molar-refractivity contribution in [3.8, 4) is 5.75 Å². The van der Waals surface area contributed by atoms with Crippen molar-refractivity contribution in [2.75, 3.05) is 7.11 Å². The molecule has 0 radical (unpaired) electrons. The van der Waals surface area contributed by atoms with Gasteiger partial charge in [0.25, 0.3) is 0 Å². The highest BCUT2D eigenvalue weighted by molar-refractivity contribution is 5.36. The van der Waals surface area contributed by atoms with E-state index < -0.39 is 18.6 Å². The molecule has 0 aliphatic carbocycles. The summed E-state index contributed by atoms with van der Waals surface area (Å²) in [6, 6.07) is 5.02.